The van der Waals surface area contributed by atoms with Crippen molar-refractivity contribution < 1.29 is 30.7 Å². The molecule has 216 valence electrons. The molecule has 0 bridgehead atoms. The fraction of sp³-hybridized carbons (Fsp3) is 0.429. The molecule has 40 heavy (non-hydrogen) atoms. The number of piperidine rings is 1. The molecule has 2 N–H and O–H groups in total. The molecule has 2 heterocycles. The lowest BCUT2D eigenvalue weighted by Gasteiger charge is -2.32. The van der Waals surface area contributed by atoms with Gasteiger partial charge in [0.1, 0.15) is 12.4 Å². The Balaban J connectivity index is 1.53. The molecule has 7 nitrogen and oxygen atoms in total. The molecule has 0 amide bonds. The number of anilines is 2. The summed E-state index contributed by atoms with van der Waals surface area (Å²) >= 11 is 0. The molecule has 0 unspecified atom stereocenters. The number of ether oxygens (including phenoxy) is 1. The molecular weight excluding hydrogens is 548 g/mol. The second-order valence-electron chi connectivity index (χ2n) is 9.79. The van der Waals surface area contributed by atoms with Crippen LogP contribution in [0.15, 0.2) is 47.4 Å². The smallest absolute Gasteiger partial charge is 0.383 e. The zero-order valence-corrected chi connectivity index (χ0v) is 23.1. The topological polar surface area (TPSA) is 75.6 Å². The van der Waals surface area contributed by atoms with Gasteiger partial charge in [-0.25, -0.2) is 12.8 Å². The summed E-state index contributed by atoms with van der Waals surface area (Å²) in [4.78, 5) is 2.18. The number of sulfone groups is 1. The van der Waals surface area contributed by atoms with E-state index in [0.717, 1.165) is 55.1 Å². The SMILES string of the molecule is COCCN1CCC(Nc2cccc3c2cc(C#CCNc2ccc(S(C)(=O)=O)cc2F)n3CC(F)(F)F)CC1. The molecule has 0 spiro atoms. The first-order valence-electron chi connectivity index (χ1n) is 12.8. The van der Waals surface area contributed by atoms with Gasteiger partial charge in [0.15, 0.2) is 9.84 Å². The van der Waals surface area contributed by atoms with Crippen molar-refractivity contribution in [3.8, 4) is 11.8 Å². The Morgan fingerprint density at radius 1 is 1.10 bits per heavy atom. The van der Waals surface area contributed by atoms with E-state index in [0.29, 0.717) is 17.5 Å². The largest absolute Gasteiger partial charge is 0.406 e. The van der Waals surface area contributed by atoms with Crippen LogP contribution in [-0.4, -0.2) is 76.3 Å². The number of aromatic nitrogens is 1. The van der Waals surface area contributed by atoms with Crippen LogP contribution in [0.25, 0.3) is 10.9 Å². The van der Waals surface area contributed by atoms with Crippen molar-refractivity contribution in [1.82, 2.24) is 9.47 Å². The maximum Gasteiger partial charge on any atom is 0.406 e. The minimum absolute atomic E-state index is 0.0392. The summed E-state index contributed by atoms with van der Waals surface area (Å²) in [6, 6.07) is 10.5. The van der Waals surface area contributed by atoms with E-state index in [1.54, 1.807) is 25.3 Å². The molecule has 1 aliphatic rings. The first-order chi connectivity index (χ1) is 18.9. The molecule has 0 radical (unpaired) electrons. The van der Waals surface area contributed by atoms with Gasteiger partial charge in [-0.15, -0.1) is 0 Å². The summed E-state index contributed by atoms with van der Waals surface area (Å²) in [6.07, 6.45) is -1.66. The maximum atomic E-state index is 14.3. The highest BCUT2D eigenvalue weighted by Crippen LogP contribution is 2.31. The van der Waals surface area contributed by atoms with Crippen LogP contribution in [0.3, 0.4) is 0 Å². The third-order valence-electron chi connectivity index (χ3n) is 6.79. The lowest BCUT2D eigenvalue weighted by molar-refractivity contribution is -0.140. The number of methoxy groups -OCH3 is 1. The Bertz CT molecular complexity index is 1500. The van der Waals surface area contributed by atoms with E-state index < -0.39 is 28.4 Å². The van der Waals surface area contributed by atoms with Gasteiger partial charge in [0.05, 0.1) is 34.9 Å². The fourth-order valence-corrected chi connectivity index (χ4v) is 5.38. The molecular formula is C28H32F4N4O3S. The Morgan fingerprint density at radius 2 is 1.85 bits per heavy atom. The fourth-order valence-electron chi connectivity index (χ4n) is 4.75. The Hall–Kier alpha value is -3.27. The number of fused-ring (bicyclic) bond motifs is 1. The average Bonchev–Trinajstić information content (AvgIpc) is 3.23. The van der Waals surface area contributed by atoms with Gasteiger partial charge in [0.2, 0.25) is 0 Å². The van der Waals surface area contributed by atoms with Crippen LogP contribution in [0.1, 0.15) is 18.5 Å². The summed E-state index contributed by atoms with van der Waals surface area (Å²) in [5.74, 6) is 4.79. The molecule has 1 aromatic heterocycles. The van der Waals surface area contributed by atoms with Gasteiger partial charge in [0, 0.05) is 50.1 Å². The third-order valence-corrected chi connectivity index (χ3v) is 7.90. The standard InChI is InChI=1S/C28H32F4N4O3S/c1-39-16-15-35-13-10-20(11-14-35)34-25-6-3-7-27-23(25)17-21(36(27)19-28(30,31)32)5-4-12-33-26-9-8-22(18-24(26)29)40(2,37)38/h3,6-9,17-18,20,33-34H,10-16,19H2,1-2H3. The van der Waals surface area contributed by atoms with E-state index in [-0.39, 0.29) is 28.9 Å². The second-order valence-corrected chi connectivity index (χ2v) is 11.8. The molecule has 3 aromatic rings. The van der Waals surface area contributed by atoms with Crippen LogP contribution in [0.4, 0.5) is 28.9 Å². The molecule has 4 rings (SSSR count). The lowest BCUT2D eigenvalue weighted by Crippen LogP contribution is -2.40. The van der Waals surface area contributed by atoms with Crippen LogP contribution >= 0.6 is 0 Å². The molecule has 1 fully saturated rings. The van der Waals surface area contributed by atoms with Crippen molar-refractivity contribution in [3.05, 3.63) is 54.0 Å². The zero-order chi connectivity index (χ0) is 28.9. The number of alkyl halides is 3. The maximum absolute atomic E-state index is 14.3. The molecule has 12 heteroatoms. The van der Waals surface area contributed by atoms with Gasteiger partial charge < -0.3 is 24.8 Å². The molecule has 1 saturated heterocycles. The molecule has 2 aromatic carbocycles. The van der Waals surface area contributed by atoms with Crippen LogP contribution in [0.5, 0.6) is 0 Å². The first kappa shape index (κ1) is 29.7. The Morgan fingerprint density at radius 3 is 2.50 bits per heavy atom. The number of nitrogens with zero attached hydrogens (tertiary/aromatic N) is 2. The van der Waals surface area contributed by atoms with Gasteiger partial charge in [-0.1, -0.05) is 12.0 Å². The monoisotopic (exact) mass is 580 g/mol. The average molecular weight is 581 g/mol. The van der Waals surface area contributed by atoms with E-state index >= 15 is 0 Å². The van der Waals surface area contributed by atoms with E-state index in [1.807, 2.05) is 6.07 Å². The highest BCUT2D eigenvalue weighted by atomic mass is 32.2. The number of nitrogens with one attached hydrogen (secondary N) is 2. The first-order valence-corrected chi connectivity index (χ1v) is 14.7. The number of rotatable bonds is 9. The van der Waals surface area contributed by atoms with E-state index in [1.165, 1.54) is 12.1 Å². The summed E-state index contributed by atoms with van der Waals surface area (Å²) in [5, 5.41) is 6.91. The second kappa shape index (κ2) is 12.5. The minimum atomic E-state index is -4.45. The molecule has 0 saturated carbocycles. The van der Waals surface area contributed by atoms with E-state index in [9.17, 15) is 26.0 Å². The highest BCUT2D eigenvalue weighted by molar-refractivity contribution is 7.90. The zero-order valence-electron chi connectivity index (χ0n) is 22.3. The number of benzene rings is 2. The molecule has 0 atom stereocenters. The number of hydrogen-bond donors (Lipinski definition) is 2. The lowest BCUT2D eigenvalue weighted by atomic mass is 10.0. The minimum Gasteiger partial charge on any atom is -0.383 e. The van der Waals surface area contributed by atoms with Gasteiger partial charge in [-0.2, -0.15) is 13.2 Å². The predicted molar refractivity (Wildman–Crippen MR) is 148 cm³/mol. The Labute approximate surface area is 231 Å². The summed E-state index contributed by atoms with van der Waals surface area (Å²) in [6.45, 7) is 2.11. The van der Waals surface area contributed by atoms with Gasteiger partial charge in [0.25, 0.3) is 0 Å². The summed E-state index contributed by atoms with van der Waals surface area (Å²) in [7, 11) is -1.88. The normalized spacial score (nSPS) is 15.2. The number of halogens is 4. The van der Waals surface area contributed by atoms with Crippen LogP contribution < -0.4 is 10.6 Å². The third kappa shape index (κ3) is 7.68. The highest BCUT2D eigenvalue weighted by Gasteiger charge is 2.30. The molecule has 0 aliphatic carbocycles. The van der Waals surface area contributed by atoms with Gasteiger partial charge >= 0.3 is 6.18 Å². The van der Waals surface area contributed by atoms with Crippen molar-refractivity contribution in [1.29, 1.82) is 0 Å². The predicted octanol–water partition coefficient (Wildman–Crippen LogP) is 4.73. The quantitative estimate of drug-likeness (QED) is 0.282. The van der Waals surface area contributed by atoms with Crippen molar-refractivity contribution >= 4 is 32.1 Å². The van der Waals surface area contributed by atoms with Crippen molar-refractivity contribution in [3.63, 3.8) is 0 Å². The van der Waals surface area contributed by atoms with E-state index in [2.05, 4.69) is 27.4 Å². The van der Waals surface area contributed by atoms with Crippen molar-refractivity contribution in [2.75, 3.05) is 56.8 Å². The van der Waals surface area contributed by atoms with Crippen LogP contribution in [0.2, 0.25) is 0 Å². The van der Waals surface area contributed by atoms with Crippen LogP contribution in [-0.2, 0) is 21.1 Å². The summed E-state index contributed by atoms with van der Waals surface area (Å²) < 4.78 is 84.3. The summed E-state index contributed by atoms with van der Waals surface area (Å²) in [5.41, 5.74) is 1.39. The number of likely N-dealkylation sites (tertiary alicyclic amines) is 1. The van der Waals surface area contributed by atoms with Crippen molar-refractivity contribution in [2.45, 2.75) is 36.5 Å². The van der Waals surface area contributed by atoms with Gasteiger partial charge in [-0.05, 0) is 55.2 Å². The number of hydrogen-bond acceptors (Lipinski definition) is 6. The van der Waals surface area contributed by atoms with Crippen LogP contribution in [0, 0.1) is 17.7 Å². The molecule has 1 aliphatic heterocycles. The van der Waals surface area contributed by atoms with E-state index in [4.69, 9.17) is 4.74 Å². The van der Waals surface area contributed by atoms with Gasteiger partial charge in [-0.3, -0.25) is 0 Å². The Kier molecular flexibility index (Phi) is 9.28. The van der Waals surface area contributed by atoms with Crippen molar-refractivity contribution in [2.24, 2.45) is 0 Å².